The van der Waals surface area contributed by atoms with Crippen molar-refractivity contribution in [2.45, 2.75) is 47.0 Å². The summed E-state index contributed by atoms with van der Waals surface area (Å²) < 4.78 is 5.79. The lowest BCUT2D eigenvalue weighted by molar-refractivity contribution is 0.524. The van der Waals surface area contributed by atoms with Gasteiger partial charge in [0.05, 0.1) is 0 Å². The van der Waals surface area contributed by atoms with Crippen LogP contribution >= 0.6 is 0 Å². The van der Waals surface area contributed by atoms with E-state index >= 15 is 0 Å². The van der Waals surface area contributed by atoms with Crippen LogP contribution in [-0.2, 0) is 12.8 Å². The molecule has 0 saturated carbocycles. The van der Waals surface area contributed by atoms with Crippen molar-refractivity contribution in [1.82, 2.24) is 9.97 Å². The molecule has 0 spiro atoms. The van der Waals surface area contributed by atoms with Crippen LogP contribution in [-0.4, -0.2) is 16.5 Å². The third-order valence-electron chi connectivity index (χ3n) is 3.18. The molecule has 0 aromatic carbocycles. The van der Waals surface area contributed by atoms with Crippen LogP contribution in [0.4, 0.5) is 5.82 Å². The molecule has 4 nitrogen and oxygen atoms in total. The molecule has 4 heteroatoms. The van der Waals surface area contributed by atoms with Crippen molar-refractivity contribution in [2.24, 2.45) is 5.92 Å². The van der Waals surface area contributed by atoms with Crippen molar-refractivity contribution in [2.75, 3.05) is 11.9 Å². The average molecular weight is 287 g/mol. The lowest BCUT2D eigenvalue weighted by Gasteiger charge is -2.10. The van der Waals surface area contributed by atoms with Crippen molar-refractivity contribution in [1.29, 1.82) is 0 Å². The smallest absolute Gasteiger partial charge is 0.197 e. The van der Waals surface area contributed by atoms with Gasteiger partial charge >= 0.3 is 0 Å². The van der Waals surface area contributed by atoms with Gasteiger partial charge in [-0.15, -0.1) is 0 Å². The molecule has 0 unspecified atom stereocenters. The minimum absolute atomic E-state index is 0.564. The van der Waals surface area contributed by atoms with Crippen molar-refractivity contribution in [3.63, 3.8) is 0 Å². The molecule has 0 aliphatic rings. The van der Waals surface area contributed by atoms with Gasteiger partial charge in [-0.05, 0) is 30.9 Å². The Balaban J connectivity index is 2.33. The summed E-state index contributed by atoms with van der Waals surface area (Å²) in [5, 5.41) is 3.35. The number of nitrogens with one attached hydrogen (secondary N) is 1. The topological polar surface area (TPSA) is 51.0 Å². The van der Waals surface area contributed by atoms with Crippen molar-refractivity contribution in [3.8, 4) is 11.6 Å². The molecule has 2 rings (SSSR count). The van der Waals surface area contributed by atoms with E-state index in [1.165, 1.54) is 0 Å². The van der Waals surface area contributed by atoms with Crippen LogP contribution in [0.1, 0.15) is 45.6 Å². The molecule has 0 bridgehead atoms. The van der Waals surface area contributed by atoms with Crippen molar-refractivity contribution >= 4 is 5.82 Å². The largest absolute Gasteiger partial charge is 0.458 e. The highest BCUT2D eigenvalue weighted by molar-refractivity contribution is 5.52. The van der Waals surface area contributed by atoms with E-state index in [1.54, 1.807) is 0 Å². The fraction of sp³-hybridized carbons (Fsp3) is 0.529. The molecule has 0 atom stereocenters. The minimum Gasteiger partial charge on any atom is -0.458 e. The molecule has 2 aromatic rings. The van der Waals surface area contributed by atoms with Gasteiger partial charge in [-0.3, -0.25) is 0 Å². The third-order valence-corrected chi connectivity index (χ3v) is 3.18. The molecule has 2 aromatic heterocycles. The maximum atomic E-state index is 5.79. The molecular weight excluding hydrogens is 262 g/mol. The number of nitrogens with zero attached hydrogens (tertiary/aromatic N) is 2. The summed E-state index contributed by atoms with van der Waals surface area (Å²) in [6.45, 7) is 9.53. The fourth-order valence-electron chi connectivity index (χ4n) is 2.16. The van der Waals surface area contributed by atoms with Crippen LogP contribution < -0.4 is 5.32 Å². The first-order valence-electron chi connectivity index (χ1n) is 7.83. The standard InChI is InChI=1S/C17H25N3O/c1-5-9-18-16-11-13(10-12(3)4)19-17(20-16)15-8-7-14(6-2)21-15/h7-8,11-12H,5-6,9-10H2,1-4H3,(H,18,19,20). The Hall–Kier alpha value is -1.84. The Morgan fingerprint density at radius 2 is 2.00 bits per heavy atom. The first-order valence-corrected chi connectivity index (χ1v) is 7.83. The molecule has 0 radical (unpaired) electrons. The Morgan fingerprint density at radius 1 is 1.19 bits per heavy atom. The number of hydrogen-bond acceptors (Lipinski definition) is 4. The Bertz CT molecular complexity index is 575. The van der Waals surface area contributed by atoms with Crippen molar-refractivity contribution < 1.29 is 4.42 Å². The second-order valence-electron chi connectivity index (χ2n) is 5.71. The van der Waals surface area contributed by atoms with E-state index in [4.69, 9.17) is 4.42 Å². The van der Waals surface area contributed by atoms with Gasteiger partial charge in [-0.25, -0.2) is 9.97 Å². The Morgan fingerprint density at radius 3 is 2.62 bits per heavy atom. The van der Waals surface area contributed by atoms with Crippen LogP contribution in [0.15, 0.2) is 22.6 Å². The van der Waals surface area contributed by atoms with Crippen LogP contribution in [0.3, 0.4) is 0 Å². The van der Waals surface area contributed by atoms with Gasteiger partial charge in [0.25, 0.3) is 0 Å². The van der Waals surface area contributed by atoms with Gasteiger partial charge in [0.2, 0.25) is 0 Å². The normalized spacial score (nSPS) is 11.1. The Labute approximate surface area is 127 Å². The number of hydrogen-bond donors (Lipinski definition) is 1. The highest BCUT2D eigenvalue weighted by atomic mass is 16.3. The van der Waals surface area contributed by atoms with Gasteiger partial charge < -0.3 is 9.73 Å². The van der Waals surface area contributed by atoms with Crippen LogP contribution in [0, 0.1) is 5.92 Å². The zero-order chi connectivity index (χ0) is 15.2. The first-order chi connectivity index (χ1) is 10.1. The van der Waals surface area contributed by atoms with E-state index in [0.717, 1.165) is 48.8 Å². The lowest BCUT2D eigenvalue weighted by atomic mass is 10.1. The van der Waals surface area contributed by atoms with E-state index in [1.807, 2.05) is 18.2 Å². The zero-order valence-corrected chi connectivity index (χ0v) is 13.4. The first kappa shape index (κ1) is 15.5. The summed E-state index contributed by atoms with van der Waals surface area (Å²) in [7, 11) is 0. The van der Waals surface area contributed by atoms with Crippen LogP contribution in [0.2, 0.25) is 0 Å². The average Bonchev–Trinajstić information content (AvgIpc) is 2.93. The second-order valence-corrected chi connectivity index (χ2v) is 5.71. The molecule has 21 heavy (non-hydrogen) atoms. The summed E-state index contributed by atoms with van der Waals surface area (Å²) in [6, 6.07) is 5.99. The third kappa shape index (κ3) is 4.31. The maximum absolute atomic E-state index is 5.79. The molecule has 1 N–H and O–H groups in total. The summed E-state index contributed by atoms with van der Waals surface area (Å²) in [5.41, 5.74) is 1.06. The number of furan rings is 1. The second kappa shape index (κ2) is 7.25. The number of rotatable bonds is 7. The monoisotopic (exact) mass is 287 g/mol. The van der Waals surface area contributed by atoms with Gasteiger partial charge in [0, 0.05) is 24.7 Å². The molecule has 0 aliphatic heterocycles. The van der Waals surface area contributed by atoms with E-state index < -0.39 is 0 Å². The highest BCUT2D eigenvalue weighted by Gasteiger charge is 2.11. The SMILES string of the molecule is CCCNc1cc(CC(C)C)nc(-c2ccc(CC)o2)n1. The van der Waals surface area contributed by atoms with Gasteiger partial charge in [-0.2, -0.15) is 0 Å². The minimum atomic E-state index is 0.564. The van der Waals surface area contributed by atoms with E-state index in [2.05, 4.69) is 43.0 Å². The molecule has 0 aliphatic carbocycles. The summed E-state index contributed by atoms with van der Waals surface area (Å²) in [4.78, 5) is 9.23. The van der Waals surface area contributed by atoms with Gasteiger partial charge in [-0.1, -0.05) is 27.7 Å². The van der Waals surface area contributed by atoms with Gasteiger partial charge in [0.15, 0.2) is 11.6 Å². The molecule has 0 fully saturated rings. The zero-order valence-electron chi connectivity index (χ0n) is 13.4. The lowest BCUT2D eigenvalue weighted by Crippen LogP contribution is -2.07. The maximum Gasteiger partial charge on any atom is 0.197 e. The molecule has 0 saturated heterocycles. The van der Waals surface area contributed by atoms with Gasteiger partial charge in [0.1, 0.15) is 11.6 Å². The van der Waals surface area contributed by atoms with E-state index in [0.29, 0.717) is 11.7 Å². The molecule has 0 amide bonds. The van der Waals surface area contributed by atoms with Crippen molar-refractivity contribution in [3.05, 3.63) is 29.7 Å². The van der Waals surface area contributed by atoms with Crippen LogP contribution in [0.25, 0.3) is 11.6 Å². The highest BCUT2D eigenvalue weighted by Crippen LogP contribution is 2.22. The quantitative estimate of drug-likeness (QED) is 0.824. The molecule has 2 heterocycles. The summed E-state index contributed by atoms with van der Waals surface area (Å²) in [5.74, 6) is 3.83. The fourth-order valence-corrected chi connectivity index (χ4v) is 2.16. The van der Waals surface area contributed by atoms with E-state index in [9.17, 15) is 0 Å². The van der Waals surface area contributed by atoms with Crippen LogP contribution in [0.5, 0.6) is 0 Å². The number of aromatic nitrogens is 2. The Kier molecular flexibility index (Phi) is 5.37. The molecule has 114 valence electrons. The number of anilines is 1. The predicted molar refractivity (Wildman–Crippen MR) is 86.4 cm³/mol. The summed E-state index contributed by atoms with van der Waals surface area (Å²) in [6.07, 6.45) is 2.89. The molecular formula is C17H25N3O. The predicted octanol–water partition coefficient (Wildman–Crippen LogP) is 4.32. The number of aryl methyl sites for hydroxylation is 1. The van der Waals surface area contributed by atoms with E-state index in [-0.39, 0.29) is 0 Å². The summed E-state index contributed by atoms with van der Waals surface area (Å²) >= 11 is 0.